The average molecular weight is 483 g/mol. The number of urea groups is 1. The Labute approximate surface area is 176 Å². The molecule has 1 aliphatic heterocycles. The number of rotatable bonds is 2. The Morgan fingerprint density at radius 3 is 2.73 bits per heavy atom. The van der Waals surface area contributed by atoms with E-state index in [-0.39, 0.29) is 18.3 Å². The van der Waals surface area contributed by atoms with Gasteiger partial charge in [-0.1, -0.05) is 6.07 Å². The molecular weight excluding hydrogens is 469 g/mol. The van der Waals surface area contributed by atoms with E-state index in [1.54, 1.807) is 25.1 Å². The smallest absolute Gasteiger partial charge is 0.420 e. The number of para-hydroxylation sites is 1. The lowest BCUT2D eigenvalue weighted by Crippen LogP contribution is -2.44. The molecule has 0 radical (unpaired) electrons. The normalized spacial score (nSPS) is 16.0. The maximum atomic E-state index is 13.6. The molecular formula is C18H14BrF3N6O2. The number of benzene rings is 1. The topological polar surface area (TPSA) is 85.2 Å². The van der Waals surface area contributed by atoms with Crippen LogP contribution in [0.3, 0.4) is 0 Å². The summed E-state index contributed by atoms with van der Waals surface area (Å²) in [5.74, 6) is 0.000352. The molecule has 156 valence electrons. The van der Waals surface area contributed by atoms with Gasteiger partial charge in [0, 0.05) is 0 Å². The molecule has 0 saturated heterocycles. The van der Waals surface area contributed by atoms with Gasteiger partial charge in [-0.3, -0.25) is 4.90 Å². The van der Waals surface area contributed by atoms with E-state index in [0.717, 1.165) is 17.1 Å². The number of fused-ring (bicyclic) bond motifs is 1. The number of hydrogen-bond acceptors (Lipinski definition) is 5. The van der Waals surface area contributed by atoms with Crippen LogP contribution in [0.4, 0.5) is 29.3 Å². The van der Waals surface area contributed by atoms with Gasteiger partial charge in [0.1, 0.15) is 11.7 Å². The molecule has 8 nitrogen and oxygen atoms in total. The highest BCUT2D eigenvalue weighted by Crippen LogP contribution is 2.40. The SMILES string of the molecule is CC1CN(C(=O)Nc2cnc(-n3nccn3)c(C(F)(F)F)c2)c2cccc(Br)c2O1. The fraction of sp³-hybridized carbons (Fsp3) is 0.222. The van der Waals surface area contributed by atoms with Crippen LogP contribution in [0, 0.1) is 0 Å². The number of pyridine rings is 1. The summed E-state index contributed by atoms with van der Waals surface area (Å²) in [5, 5.41) is 9.87. The minimum absolute atomic E-state index is 0.112. The second-order valence-electron chi connectivity index (χ2n) is 6.47. The van der Waals surface area contributed by atoms with Crippen molar-refractivity contribution in [3.05, 3.63) is 52.9 Å². The van der Waals surface area contributed by atoms with Crippen molar-refractivity contribution < 1.29 is 22.7 Å². The molecule has 30 heavy (non-hydrogen) atoms. The average Bonchev–Trinajstić information content (AvgIpc) is 3.22. The summed E-state index contributed by atoms with van der Waals surface area (Å²) < 4.78 is 47.1. The van der Waals surface area contributed by atoms with Crippen molar-refractivity contribution in [2.24, 2.45) is 0 Å². The van der Waals surface area contributed by atoms with Crippen molar-refractivity contribution in [3.63, 3.8) is 0 Å². The van der Waals surface area contributed by atoms with E-state index in [2.05, 4.69) is 36.4 Å². The number of ether oxygens (including phenoxy) is 1. The van der Waals surface area contributed by atoms with Crippen LogP contribution in [0.5, 0.6) is 5.75 Å². The van der Waals surface area contributed by atoms with Crippen LogP contribution in [-0.2, 0) is 6.18 Å². The summed E-state index contributed by atoms with van der Waals surface area (Å²) in [6.07, 6.45) is -1.42. The Balaban J connectivity index is 1.65. The predicted octanol–water partition coefficient (Wildman–Crippen LogP) is 4.26. The Bertz CT molecular complexity index is 1090. The van der Waals surface area contributed by atoms with Gasteiger partial charge in [0.2, 0.25) is 0 Å². The van der Waals surface area contributed by atoms with Crippen LogP contribution in [-0.4, -0.2) is 38.7 Å². The van der Waals surface area contributed by atoms with Crippen molar-refractivity contribution in [1.29, 1.82) is 0 Å². The summed E-state index contributed by atoms with van der Waals surface area (Å²) >= 11 is 3.38. The lowest BCUT2D eigenvalue weighted by Gasteiger charge is -2.34. The van der Waals surface area contributed by atoms with E-state index in [4.69, 9.17) is 4.74 Å². The molecule has 0 fully saturated rings. The van der Waals surface area contributed by atoms with E-state index in [0.29, 0.717) is 15.9 Å². The zero-order chi connectivity index (χ0) is 21.5. The number of hydrogen-bond donors (Lipinski definition) is 1. The van der Waals surface area contributed by atoms with Gasteiger partial charge in [-0.15, -0.1) is 4.80 Å². The molecule has 1 atom stereocenters. The quantitative estimate of drug-likeness (QED) is 0.589. The van der Waals surface area contributed by atoms with Gasteiger partial charge in [-0.2, -0.15) is 23.4 Å². The largest absolute Gasteiger partial charge is 0.485 e. The molecule has 12 heteroatoms. The summed E-state index contributed by atoms with van der Waals surface area (Å²) in [6, 6.07) is 5.39. The number of carbonyl (C=O) groups excluding carboxylic acids is 1. The van der Waals surface area contributed by atoms with E-state index < -0.39 is 23.6 Å². The fourth-order valence-corrected chi connectivity index (χ4v) is 3.47. The molecule has 0 saturated carbocycles. The molecule has 0 bridgehead atoms. The number of nitrogens with zero attached hydrogens (tertiary/aromatic N) is 5. The second kappa shape index (κ2) is 7.59. The number of nitrogens with one attached hydrogen (secondary N) is 1. The Hall–Kier alpha value is -3.15. The molecule has 1 aromatic carbocycles. The van der Waals surface area contributed by atoms with Crippen LogP contribution in [0.15, 0.2) is 47.3 Å². The minimum Gasteiger partial charge on any atom is -0.485 e. The highest BCUT2D eigenvalue weighted by molar-refractivity contribution is 9.10. The second-order valence-corrected chi connectivity index (χ2v) is 7.32. The van der Waals surface area contributed by atoms with Crippen molar-refractivity contribution in [2.75, 3.05) is 16.8 Å². The molecule has 4 rings (SSSR count). The zero-order valence-corrected chi connectivity index (χ0v) is 17.0. The molecule has 1 aliphatic rings. The Morgan fingerprint density at radius 2 is 2.03 bits per heavy atom. The predicted molar refractivity (Wildman–Crippen MR) is 105 cm³/mol. The van der Waals surface area contributed by atoms with Gasteiger partial charge < -0.3 is 10.1 Å². The fourth-order valence-electron chi connectivity index (χ4n) is 3.02. The molecule has 1 unspecified atom stereocenters. The van der Waals surface area contributed by atoms with Crippen LogP contribution in [0.1, 0.15) is 12.5 Å². The summed E-state index contributed by atoms with van der Waals surface area (Å²) in [7, 11) is 0. The number of amides is 2. The Kier molecular flexibility index (Phi) is 5.10. The summed E-state index contributed by atoms with van der Waals surface area (Å²) in [5.41, 5.74) is -0.685. The Morgan fingerprint density at radius 1 is 1.30 bits per heavy atom. The first-order chi connectivity index (χ1) is 14.2. The van der Waals surface area contributed by atoms with Gasteiger partial charge in [-0.05, 0) is 41.1 Å². The first-order valence-corrected chi connectivity index (χ1v) is 9.51. The minimum atomic E-state index is -4.72. The standard InChI is InChI=1S/C18H14BrF3N6O2/c1-10-9-27(14-4-2-3-13(19)15(14)30-10)17(29)26-11-7-12(18(20,21)22)16(23-8-11)28-24-5-6-25-28/h2-8,10H,9H2,1H3,(H,26,29). The summed E-state index contributed by atoms with van der Waals surface area (Å²) in [6.45, 7) is 2.02. The van der Waals surface area contributed by atoms with E-state index in [1.807, 2.05) is 0 Å². The van der Waals surface area contributed by atoms with Gasteiger partial charge >= 0.3 is 12.2 Å². The van der Waals surface area contributed by atoms with Crippen LogP contribution >= 0.6 is 15.9 Å². The van der Waals surface area contributed by atoms with E-state index >= 15 is 0 Å². The van der Waals surface area contributed by atoms with Gasteiger partial charge in [-0.25, -0.2) is 9.78 Å². The monoisotopic (exact) mass is 482 g/mol. The third-order valence-electron chi connectivity index (χ3n) is 4.27. The number of carbonyl (C=O) groups is 1. The lowest BCUT2D eigenvalue weighted by atomic mass is 10.2. The first kappa shape index (κ1) is 20.1. The van der Waals surface area contributed by atoms with Crippen molar-refractivity contribution in [1.82, 2.24) is 20.0 Å². The third kappa shape index (κ3) is 3.82. The summed E-state index contributed by atoms with van der Waals surface area (Å²) in [4.78, 5) is 18.9. The van der Waals surface area contributed by atoms with Crippen molar-refractivity contribution in [2.45, 2.75) is 19.2 Å². The van der Waals surface area contributed by atoms with Crippen LogP contribution in [0.2, 0.25) is 0 Å². The first-order valence-electron chi connectivity index (χ1n) is 8.71. The number of alkyl halides is 3. The molecule has 2 aromatic heterocycles. The third-order valence-corrected chi connectivity index (χ3v) is 4.90. The van der Waals surface area contributed by atoms with Crippen LogP contribution < -0.4 is 15.0 Å². The van der Waals surface area contributed by atoms with Gasteiger partial charge in [0.05, 0.1) is 41.0 Å². The van der Waals surface area contributed by atoms with E-state index in [1.165, 1.54) is 17.3 Å². The van der Waals surface area contributed by atoms with Gasteiger partial charge in [0.15, 0.2) is 11.6 Å². The van der Waals surface area contributed by atoms with E-state index in [9.17, 15) is 18.0 Å². The molecule has 3 heterocycles. The zero-order valence-electron chi connectivity index (χ0n) is 15.4. The highest BCUT2D eigenvalue weighted by Gasteiger charge is 2.36. The molecule has 1 N–H and O–H groups in total. The van der Waals surface area contributed by atoms with Crippen molar-refractivity contribution >= 4 is 33.3 Å². The molecule has 0 aliphatic carbocycles. The maximum absolute atomic E-state index is 13.6. The van der Waals surface area contributed by atoms with Gasteiger partial charge in [0.25, 0.3) is 0 Å². The van der Waals surface area contributed by atoms with Crippen LogP contribution in [0.25, 0.3) is 5.82 Å². The lowest BCUT2D eigenvalue weighted by molar-refractivity contribution is -0.137. The maximum Gasteiger partial charge on any atom is 0.420 e. The van der Waals surface area contributed by atoms with Crippen molar-refractivity contribution in [3.8, 4) is 11.6 Å². The number of halogens is 4. The number of aromatic nitrogens is 4. The molecule has 2 amide bonds. The molecule has 0 spiro atoms. The number of anilines is 2. The highest BCUT2D eigenvalue weighted by atomic mass is 79.9. The molecule has 3 aromatic rings.